The number of likely N-dealkylation sites (N-methyl/N-ethyl adjacent to an activating group) is 1. The number of anilines is 2. The van der Waals surface area contributed by atoms with Gasteiger partial charge in [-0.2, -0.15) is 5.10 Å². The third-order valence-corrected chi connectivity index (χ3v) is 3.95. The number of carbonyl (C=O) groups excluding carboxylic acids is 2. The van der Waals surface area contributed by atoms with Crippen molar-refractivity contribution >= 4 is 34.1 Å². The normalized spacial score (nSPS) is 11.0. The highest BCUT2D eigenvalue weighted by molar-refractivity contribution is 6.00. The Labute approximate surface area is 158 Å². The van der Waals surface area contributed by atoms with Crippen molar-refractivity contribution in [2.45, 2.75) is 13.5 Å². The summed E-state index contributed by atoms with van der Waals surface area (Å²) >= 11 is 0. The molecule has 3 aromatic rings. The van der Waals surface area contributed by atoms with E-state index in [0.29, 0.717) is 11.4 Å². The first kappa shape index (κ1) is 18.6. The number of rotatable bonds is 6. The van der Waals surface area contributed by atoms with Gasteiger partial charge in [0.25, 0.3) is 0 Å². The standard InChI is InChI=1S/C20H23N5O2/c1-14-8-9-17(21-19(26)12-24(2)3)18(10-14)22-20(27)13-25-11-15-6-4-5-7-16(15)23-25/h4-11H,12-13H2,1-3H3,(H,21,26)(H,22,27). The fourth-order valence-corrected chi connectivity index (χ4v) is 2.78. The monoisotopic (exact) mass is 365 g/mol. The van der Waals surface area contributed by atoms with Gasteiger partial charge in [-0.15, -0.1) is 0 Å². The van der Waals surface area contributed by atoms with Crippen LogP contribution in [0.4, 0.5) is 11.4 Å². The summed E-state index contributed by atoms with van der Waals surface area (Å²) in [6, 6.07) is 13.2. The minimum atomic E-state index is -0.212. The lowest BCUT2D eigenvalue weighted by molar-refractivity contribution is -0.117. The number of nitrogens with one attached hydrogen (secondary N) is 2. The first-order valence-corrected chi connectivity index (χ1v) is 8.68. The minimum absolute atomic E-state index is 0.0910. The molecule has 0 aliphatic heterocycles. The molecule has 0 spiro atoms. The average molecular weight is 365 g/mol. The topological polar surface area (TPSA) is 79.3 Å². The van der Waals surface area contributed by atoms with E-state index in [0.717, 1.165) is 16.5 Å². The maximum absolute atomic E-state index is 12.5. The van der Waals surface area contributed by atoms with Gasteiger partial charge in [0.05, 0.1) is 23.4 Å². The number of nitrogens with zero attached hydrogens (tertiary/aromatic N) is 3. The molecule has 0 saturated carbocycles. The van der Waals surface area contributed by atoms with Crippen LogP contribution in [0.2, 0.25) is 0 Å². The van der Waals surface area contributed by atoms with Crippen molar-refractivity contribution in [2.24, 2.45) is 0 Å². The largest absolute Gasteiger partial charge is 0.323 e. The number of aryl methyl sites for hydroxylation is 1. The van der Waals surface area contributed by atoms with Gasteiger partial charge >= 0.3 is 0 Å². The van der Waals surface area contributed by atoms with Crippen LogP contribution < -0.4 is 10.6 Å². The van der Waals surface area contributed by atoms with Crippen molar-refractivity contribution in [3.8, 4) is 0 Å². The van der Waals surface area contributed by atoms with Gasteiger partial charge in [0.1, 0.15) is 6.54 Å². The Hall–Kier alpha value is -3.19. The molecule has 140 valence electrons. The average Bonchev–Trinajstić information content (AvgIpc) is 2.98. The third kappa shape index (κ3) is 4.92. The van der Waals surface area contributed by atoms with Gasteiger partial charge in [0.2, 0.25) is 11.8 Å². The predicted molar refractivity (Wildman–Crippen MR) is 107 cm³/mol. The minimum Gasteiger partial charge on any atom is -0.323 e. The molecule has 1 heterocycles. The molecule has 0 aliphatic carbocycles. The number of aromatic nitrogens is 2. The van der Waals surface area contributed by atoms with Crippen LogP contribution in [0.25, 0.3) is 10.9 Å². The Balaban J connectivity index is 1.72. The van der Waals surface area contributed by atoms with Crippen molar-refractivity contribution in [1.29, 1.82) is 0 Å². The van der Waals surface area contributed by atoms with Crippen LogP contribution in [0.5, 0.6) is 0 Å². The van der Waals surface area contributed by atoms with Crippen LogP contribution in [0, 0.1) is 6.92 Å². The zero-order chi connectivity index (χ0) is 19.4. The summed E-state index contributed by atoms with van der Waals surface area (Å²) in [6.45, 7) is 2.29. The molecule has 0 fully saturated rings. The second-order valence-electron chi connectivity index (χ2n) is 6.77. The van der Waals surface area contributed by atoms with E-state index in [2.05, 4.69) is 15.7 Å². The summed E-state index contributed by atoms with van der Waals surface area (Å²) in [5.41, 5.74) is 2.98. The molecule has 27 heavy (non-hydrogen) atoms. The van der Waals surface area contributed by atoms with Crippen LogP contribution in [0.3, 0.4) is 0 Å². The summed E-state index contributed by atoms with van der Waals surface area (Å²) in [6.07, 6.45) is 1.84. The maximum atomic E-state index is 12.5. The molecule has 1 aromatic heterocycles. The van der Waals surface area contributed by atoms with E-state index < -0.39 is 0 Å². The van der Waals surface area contributed by atoms with E-state index in [1.807, 2.05) is 63.6 Å². The zero-order valence-electron chi connectivity index (χ0n) is 15.7. The molecule has 0 radical (unpaired) electrons. The van der Waals surface area contributed by atoms with Crippen LogP contribution >= 0.6 is 0 Å². The van der Waals surface area contributed by atoms with E-state index in [9.17, 15) is 9.59 Å². The Morgan fingerprint density at radius 2 is 1.78 bits per heavy atom. The van der Waals surface area contributed by atoms with Crippen molar-refractivity contribution < 1.29 is 9.59 Å². The molecule has 7 nitrogen and oxygen atoms in total. The van der Waals surface area contributed by atoms with Gasteiger partial charge in [-0.3, -0.25) is 14.3 Å². The number of benzene rings is 2. The van der Waals surface area contributed by atoms with Crippen molar-refractivity contribution in [2.75, 3.05) is 31.3 Å². The number of amides is 2. The van der Waals surface area contributed by atoms with Gasteiger partial charge in [0, 0.05) is 11.6 Å². The Bertz CT molecular complexity index is 944. The summed E-state index contributed by atoms with van der Waals surface area (Å²) < 4.78 is 1.61. The number of carbonyl (C=O) groups is 2. The summed E-state index contributed by atoms with van der Waals surface area (Å²) in [5.74, 6) is -0.353. The van der Waals surface area contributed by atoms with E-state index in [1.165, 1.54) is 0 Å². The highest BCUT2D eigenvalue weighted by Gasteiger charge is 2.12. The van der Waals surface area contributed by atoms with Gasteiger partial charge in [0.15, 0.2) is 0 Å². The van der Waals surface area contributed by atoms with Crippen molar-refractivity contribution in [1.82, 2.24) is 14.7 Å². The van der Waals surface area contributed by atoms with Crippen LogP contribution in [0.15, 0.2) is 48.7 Å². The van der Waals surface area contributed by atoms with Crippen LogP contribution in [-0.4, -0.2) is 47.1 Å². The molecule has 0 saturated heterocycles. The molecule has 0 aliphatic rings. The highest BCUT2D eigenvalue weighted by Crippen LogP contribution is 2.23. The fraction of sp³-hybridized carbons (Fsp3) is 0.250. The van der Waals surface area contributed by atoms with Crippen molar-refractivity contribution in [3.05, 3.63) is 54.2 Å². The summed E-state index contributed by atoms with van der Waals surface area (Å²) in [5, 5.41) is 11.1. The molecular weight excluding hydrogens is 342 g/mol. The molecule has 0 unspecified atom stereocenters. The zero-order valence-corrected chi connectivity index (χ0v) is 15.7. The van der Waals surface area contributed by atoms with Gasteiger partial charge in [-0.1, -0.05) is 24.3 Å². The van der Waals surface area contributed by atoms with Crippen molar-refractivity contribution in [3.63, 3.8) is 0 Å². The van der Waals surface area contributed by atoms with E-state index in [1.54, 1.807) is 15.6 Å². The second-order valence-corrected chi connectivity index (χ2v) is 6.77. The van der Waals surface area contributed by atoms with E-state index in [-0.39, 0.29) is 24.9 Å². The molecule has 2 amide bonds. The van der Waals surface area contributed by atoms with Gasteiger partial charge in [-0.25, -0.2) is 0 Å². The van der Waals surface area contributed by atoms with Gasteiger partial charge in [-0.05, 0) is 44.8 Å². The van der Waals surface area contributed by atoms with Crippen LogP contribution in [-0.2, 0) is 16.1 Å². The maximum Gasteiger partial charge on any atom is 0.246 e. The number of fused-ring (bicyclic) bond motifs is 1. The number of hydrogen-bond donors (Lipinski definition) is 2. The molecule has 0 atom stereocenters. The second kappa shape index (κ2) is 8.01. The fourth-order valence-electron chi connectivity index (χ4n) is 2.78. The number of hydrogen-bond acceptors (Lipinski definition) is 4. The third-order valence-electron chi connectivity index (χ3n) is 3.95. The lowest BCUT2D eigenvalue weighted by Crippen LogP contribution is -2.28. The quantitative estimate of drug-likeness (QED) is 0.703. The lowest BCUT2D eigenvalue weighted by atomic mass is 10.2. The molecule has 0 bridgehead atoms. The molecule has 3 rings (SSSR count). The SMILES string of the molecule is Cc1ccc(NC(=O)CN(C)C)c(NC(=O)Cn2cc3ccccc3n2)c1. The Morgan fingerprint density at radius 3 is 2.52 bits per heavy atom. The molecule has 2 N–H and O–H groups in total. The smallest absolute Gasteiger partial charge is 0.246 e. The summed E-state index contributed by atoms with van der Waals surface area (Å²) in [7, 11) is 3.65. The van der Waals surface area contributed by atoms with Crippen LogP contribution in [0.1, 0.15) is 5.56 Å². The lowest BCUT2D eigenvalue weighted by Gasteiger charge is -2.15. The predicted octanol–water partition coefficient (Wildman–Crippen LogP) is 2.48. The Kier molecular flexibility index (Phi) is 5.52. The molecular formula is C20H23N5O2. The highest BCUT2D eigenvalue weighted by atomic mass is 16.2. The first-order valence-electron chi connectivity index (χ1n) is 8.68. The Morgan fingerprint density at radius 1 is 1.04 bits per heavy atom. The summed E-state index contributed by atoms with van der Waals surface area (Å²) in [4.78, 5) is 26.3. The molecule has 7 heteroatoms. The molecule has 2 aromatic carbocycles. The van der Waals surface area contributed by atoms with Gasteiger partial charge < -0.3 is 15.5 Å². The van der Waals surface area contributed by atoms with E-state index >= 15 is 0 Å². The first-order chi connectivity index (χ1) is 12.9. The van der Waals surface area contributed by atoms with E-state index in [4.69, 9.17) is 0 Å².